The Labute approximate surface area is 156 Å². The highest BCUT2D eigenvalue weighted by molar-refractivity contribution is 7.99. The summed E-state index contributed by atoms with van der Waals surface area (Å²) in [6.07, 6.45) is 0. The zero-order valence-electron chi connectivity index (χ0n) is 15.2. The van der Waals surface area contributed by atoms with E-state index in [0.29, 0.717) is 11.0 Å². The summed E-state index contributed by atoms with van der Waals surface area (Å²) in [6.45, 7) is 5.50. The number of aromatic nitrogens is 3. The number of hydrogen-bond acceptors (Lipinski definition) is 7. The summed E-state index contributed by atoms with van der Waals surface area (Å²) in [5.41, 5.74) is 0.956. The normalized spacial score (nSPS) is 11.8. The summed E-state index contributed by atoms with van der Waals surface area (Å²) in [5.74, 6) is 0.238. The number of hydrogen-bond donors (Lipinski definition) is 1. The largest absolute Gasteiger partial charge is 0.497 e. The molecule has 0 bridgehead atoms. The number of carbonyl (C=O) groups is 1. The van der Waals surface area contributed by atoms with Crippen LogP contribution in [0.25, 0.3) is 11.4 Å². The molecule has 0 aliphatic carbocycles. The first-order valence-corrected chi connectivity index (χ1v) is 9.07. The van der Waals surface area contributed by atoms with Gasteiger partial charge < -0.3 is 10.1 Å². The first kappa shape index (κ1) is 19.7. The highest BCUT2D eigenvalue weighted by atomic mass is 32.2. The molecule has 136 valence electrons. The fraction of sp³-hybridized carbons (Fsp3) is 0.389. The molecule has 0 aliphatic rings. The van der Waals surface area contributed by atoms with Crippen molar-refractivity contribution in [3.63, 3.8) is 0 Å². The van der Waals surface area contributed by atoms with Crippen molar-refractivity contribution in [2.75, 3.05) is 12.9 Å². The van der Waals surface area contributed by atoms with Crippen molar-refractivity contribution >= 4 is 23.3 Å². The molecule has 26 heavy (non-hydrogen) atoms. The molecule has 0 fully saturated rings. The van der Waals surface area contributed by atoms with E-state index in [1.165, 1.54) is 18.7 Å². The monoisotopic (exact) mass is 371 g/mol. The van der Waals surface area contributed by atoms with Gasteiger partial charge in [-0.2, -0.15) is 5.26 Å². The van der Waals surface area contributed by atoms with E-state index >= 15 is 0 Å². The lowest BCUT2D eigenvalue weighted by Crippen LogP contribution is -2.21. The molecule has 2 aromatic rings. The van der Waals surface area contributed by atoms with Crippen LogP contribution in [0.2, 0.25) is 0 Å². The van der Waals surface area contributed by atoms with Crippen LogP contribution in [0.3, 0.4) is 0 Å². The van der Waals surface area contributed by atoms with Gasteiger partial charge in [0.15, 0.2) is 16.8 Å². The first-order valence-electron chi connectivity index (χ1n) is 8.08. The van der Waals surface area contributed by atoms with E-state index < -0.39 is 5.92 Å². The van der Waals surface area contributed by atoms with Gasteiger partial charge in [0.2, 0.25) is 0 Å². The van der Waals surface area contributed by atoms with Gasteiger partial charge in [0.25, 0.3) is 0 Å². The van der Waals surface area contributed by atoms with Crippen LogP contribution >= 0.6 is 11.8 Å². The van der Waals surface area contributed by atoms with Crippen LogP contribution in [-0.4, -0.2) is 39.1 Å². The third-order valence-corrected chi connectivity index (χ3v) is 4.72. The lowest BCUT2D eigenvalue weighted by molar-refractivity contribution is -0.117. The third-order valence-electron chi connectivity index (χ3n) is 3.76. The minimum absolute atomic E-state index is 0.0577. The summed E-state index contributed by atoms with van der Waals surface area (Å²) in [4.78, 5) is 12.2. The van der Waals surface area contributed by atoms with Gasteiger partial charge in [0.05, 0.1) is 18.9 Å². The Kier molecular flexibility index (Phi) is 6.52. The number of nitriles is 1. The third kappa shape index (κ3) is 4.29. The molecule has 7 nitrogen and oxygen atoms in total. The first-order chi connectivity index (χ1) is 12.4. The van der Waals surface area contributed by atoms with Gasteiger partial charge in [-0.3, -0.25) is 9.36 Å². The van der Waals surface area contributed by atoms with Crippen LogP contribution in [0.5, 0.6) is 5.75 Å². The summed E-state index contributed by atoms with van der Waals surface area (Å²) in [7, 11) is 1.61. The molecule has 2 rings (SSSR count). The number of Topliss-reactive ketones (excluding diaryl/α,β-unsaturated/α-hetero) is 1. The summed E-state index contributed by atoms with van der Waals surface area (Å²) >= 11 is 1.24. The Bertz CT molecular complexity index is 836. The summed E-state index contributed by atoms with van der Waals surface area (Å²) in [5, 5.41) is 25.7. The number of nitrogens with zero attached hydrogens (tertiary/aromatic N) is 4. The number of ether oxygens (including phenoxy) is 1. The van der Waals surface area contributed by atoms with E-state index in [1.807, 2.05) is 48.7 Å². The summed E-state index contributed by atoms with van der Waals surface area (Å²) < 4.78 is 7.13. The van der Waals surface area contributed by atoms with E-state index in [9.17, 15) is 4.79 Å². The number of nitrogens with one attached hydrogen (secondary N) is 1. The minimum atomic E-state index is -1.00. The average molecular weight is 371 g/mol. The highest BCUT2D eigenvalue weighted by Gasteiger charge is 2.23. The predicted molar refractivity (Wildman–Crippen MR) is 101 cm³/mol. The van der Waals surface area contributed by atoms with Gasteiger partial charge in [0.1, 0.15) is 11.7 Å². The van der Waals surface area contributed by atoms with Crippen molar-refractivity contribution in [3.8, 4) is 23.2 Å². The van der Waals surface area contributed by atoms with Crippen molar-refractivity contribution in [2.45, 2.75) is 32.0 Å². The van der Waals surface area contributed by atoms with Gasteiger partial charge in [0, 0.05) is 17.3 Å². The number of methoxy groups -OCH3 is 1. The van der Waals surface area contributed by atoms with Crippen LogP contribution in [0, 0.1) is 22.7 Å². The number of rotatable bonds is 8. The van der Waals surface area contributed by atoms with Crippen molar-refractivity contribution in [2.24, 2.45) is 5.92 Å². The van der Waals surface area contributed by atoms with E-state index in [0.717, 1.165) is 11.3 Å². The zero-order chi connectivity index (χ0) is 19.3. The van der Waals surface area contributed by atoms with E-state index in [2.05, 4.69) is 10.2 Å². The minimum Gasteiger partial charge on any atom is -0.497 e. The SMILES string of the molecule is COc1ccc(-c2nnc(SCC(=O)[C@H](C#N)C(C)=N)n2C(C)C)cc1. The Balaban J connectivity index is 2.25. The number of carbonyl (C=O) groups excluding carboxylic acids is 1. The molecule has 1 heterocycles. The predicted octanol–water partition coefficient (Wildman–Crippen LogP) is 3.38. The fourth-order valence-electron chi connectivity index (χ4n) is 2.41. The van der Waals surface area contributed by atoms with Gasteiger partial charge in [-0.25, -0.2) is 0 Å². The van der Waals surface area contributed by atoms with Crippen LogP contribution in [-0.2, 0) is 4.79 Å². The lowest BCUT2D eigenvalue weighted by Gasteiger charge is -2.14. The van der Waals surface area contributed by atoms with Crippen LogP contribution in [0.4, 0.5) is 0 Å². The topological polar surface area (TPSA) is 105 Å². The molecular weight excluding hydrogens is 350 g/mol. The Morgan fingerprint density at radius 2 is 2.00 bits per heavy atom. The molecule has 8 heteroatoms. The smallest absolute Gasteiger partial charge is 0.192 e. The Morgan fingerprint density at radius 1 is 1.35 bits per heavy atom. The van der Waals surface area contributed by atoms with Gasteiger partial charge in [-0.15, -0.1) is 10.2 Å². The maximum Gasteiger partial charge on any atom is 0.192 e. The molecule has 0 saturated heterocycles. The van der Waals surface area contributed by atoms with Crippen molar-refractivity contribution in [3.05, 3.63) is 24.3 Å². The zero-order valence-corrected chi connectivity index (χ0v) is 16.0. The fourth-order valence-corrected chi connectivity index (χ4v) is 3.38. The molecule has 1 aromatic heterocycles. The van der Waals surface area contributed by atoms with Crippen LogP contribution in [0.1, 0.15) is 26.8 Å². The average Bonchev–Trinajstić information content (AvgIpc) is 3.04. The molecule has 0 radical (unpaired) electrons. The van der Waals surface area contributed by atoms with Gasteiger partial charge in [-0.05, 0) is 45.0 Å². The molecule has 0 aliphatic heterocycles. The maximum absolute atomic E-state index is 12.2. The second kappa shape index (κ2) is 8.63. The second-order valence-corrected chi connectivity index (χ2v) is 6.94. The van der Waals surface area contributed by atoms with Crippen molar-refractivity contribution in [1.29, 1.82) is 10.7 Å². The van der Waals surface area contributed by atoms with Gasteiger partial charge in [-0.1, -0.05) is 11.8 Å². The molecule has 1 atom stereocenters. The Hall–Kier alpha value is -2.66. The van der Waals surface area contributed by atoms with Crippen molar-refractivity contribution in [1.82, 2.24) is 14.8 Å². The van der Waals surface area contributed by atoms with Crippen LogP contribution < -0.4 is 4.74 Å². The van der Waals surface area contributed by atoms with Gasteiger partial charge >= 0.3 is 0 Å². The number of thioether (sulfide) groups is 1. The quantitative estimate of drug-likeness (QED) is 0.563. The molecule has 0 amide bonds. The highest BCUT2D eigenvalue weighted by Crippen LogP contribution is 2.29. The van der Waals surface area contributed by atoms with E-state index in [4.69, 9.17) is 15.4 Å². The molecular formula is C18H21N5O2S. The van der Waals surface area contributed by atoms with E-state index in [-0.39, 0.29) is 23.3 Å². The molecule has 0 spiro atoms. The second-order valence-electron chi connectivity index (χ2n) is 6.00. The van der Waals surface area contributed by atoms with Crippen molar-refractivity contribution < 1.29 is 9.53 Å². The maximum atomic E-state index is 12.2. The van der Waals surface area contributed by atoms with Crippen LogP contribution in [0.15, 0.2) is 29.4 Å². The summed E-state index contributed by atoms with van der Waals surface area (Å²) in [6, 6.07) is 9.50. The van der Waals surface area contributed by atoms with E-state index in [1.54, 1.807) is 7.11 Å². The molecule has 0 unspecified atom stereocenters. The molecule has 0 saturated carbocycles. The molecule has 1 aromatic carbocycles. The lowest BCUT2D eigenvalue weighted by atomic mass is 10.0. The number of ketones is 1. The number of benzene rings is 1. The standard InChI is InChI=1S/C18H21N5O2S/c1-11(2)23-17(13-5-7-14(25-4)8-6-13)21-22-18(23)26-10-16(24)15(9-19)12(3)20/h5-8,11,15,20H,10H2,1-4H3/t15-/m1/s1. The Morgan fingerprint density at radius 3 is 2.50 bits per heavy atom. The molecule has 1 N–H and O–H groups in total.